The number of hydrogen-bond donors (Lipinski definition) is 1. The molecule has 0 unspecified atom stereocenters. The molecule has 0 saturated carbocycles. The molecule has 2 N–H and O–H groups in total. The Morgan fingerprint density at radius 1 is 1.52 bits per heavy atom. The highest BCUT2D eigenvalue weighted by molar-refractivity contribution is 7.10. The molecule has 0 spiro atoms. The van der Waals surface area contributed by atoms with Gasteiger partial charge in [0.05, 0.1) is 19.1 Å². The van der Waals surface area contributed by atoms with E-state index in [9.17, 15) is 4.79 Å². The van der Waals surface area contributed by atoms with Crippen molar-refractivity contribution in [3.8, 4) is 11.8 Å². The van der Waals surface area contributed by atoms with Crippen LogP contribution in [0.2, 0.25) is 0 Å². The van der Waals surface area contributed by atoms with E-state index in [2.05, 4.69) is 28.2 Å². The summed E-state index contributed by atoms with van der Waals surface area (Å²) in [5.74, 6) is 5.97. The molecule has 0 aliphatic carbocycles. The Morgan fingerprint density at radius 2 is 2.29 bits per heavy atom. The third kappa shape index (κ3) is 4.85. The molecule has 1 aliphatic heterocycles. The lowest BCUT2D eigenvalue weighted by molar-refractivity contribution is -0.149. The van der Waals surface area contributed by atoms with Gasteiger partial charge in [0.15, 0.2) is 0 Å². The number of nitrogens with zero attached hydrogens (tertiary/aromatic N) is 1. The number of thiophene rings is 1. The first kappa shape index (κ1) is 16.0. The van der Waals surface area contributed by atoms with Gasteiger partial charge in [0.1, 0.15) is 0 Å². The second-order valence-corrected chi connectivity index (χ2v) is 6.11. The van der Waals surface area contributed by atoms with Crippen molar-refractivity contribution in [1.82, 2.24) is 4.90 Å². The lowest BCUT2D eigenvalue weighted by atomic mass is 9.97. The van der Waals surface area contributed by atoms with Gasteiger partial charge in [-0.1, -0.05) is 11.8 Å². The van der Waals surface area contributed by atoms with E-state index in [1.165, 1.54) is 4.88 Å². The highest BCUT2D eigenvalue weighted by Gasteiger charge is 2.25. The Labute approximate surface area is 130 Å². The Morgan fingerprint density at radius 3 is 2.95 bits per heavy atom. The lowest BCUT2D eigenvalue weighted by Gasteiger charge is -2.30. The average molecular weight is 306 g/mol. The van der Waals surface area contributed by atoms with Gasteiger partial charge in [-0.15, -0.1) is 11.3 Å². The van der Waals surface area contributed by atoms with E-state index in [1.807, 2.05) is 6.92 Å². The second-order valence-electron chi connectivity index (χ2n) is 5.11. The Bertz CT molecular complexity index is 522. The SMILES string of the molecule is CCOC(=O)C1CCN(Cc2cc(C#CCN)cs2)CC1. The topological polar surface area (TPSA) is 55.6 Å². The minimum atomic E-state index is -0.0346. The summed E-state index contributed by atoms with van der Waals surface area (Å²) in [5.41, 5.74) is 6.42. The summed E-state index contributed by atoms with van der Waals surface area (Å²) in [6, 6.07) is 2.13. The summed E-state index contributed by atoms with van der Waals surface area (Å²) < 4.78 is 5.09. The molecule has 2 heterocycles. The van der Waals surface area contributed by atoms with Crippen LogP contribution in [0.3, 0.4) is 0 Å². The fourth-order valence-corrected chi connectivity index (χ4v) is 3.35. The first-order valence-corrected chi connectivity index (χ1v) is 8.26. The first-order valence-electron chi connectivity index (χ1n) is 7.38. The number of nitrogens with two attached hydrogens (primary N) is 1. The van der Waals surface area contributed by atoms with E-state index in [1.54, 1.807) is 11.3 Å². The maximum Gasteiger partial charge on any atom is 0.309 e. The second kappa shape index (κ2) is 8.18. The zero-order chi connectivity index (χ0) is 15.1. The maximum absolute atomic E-state index is 11.7. The molecule has 0 amide bonds. The number of esters is 1. The summed E-state index contributed by atoms with van der Waals surface area (Å²) in [6.07, 6.45) is 1.79. The zero-order valence-corrected chi connectivity index (χ0v) is 13.2. The van der Waals surface area contributed by atoms with Crippen LogP contribution in [0.15, 0.2) is 11.4 Å². The highest BCUT2D eigenvalue weighted by atomic mass is 32.1. The molecule has 1 saturated heterocycles. The third-order valence-electron chi connectivity index (χ3n) is 3.58. The largest absolute Gasteiger partial charge is 0.466 e. The van der Waals surface area contributed by atoms with E-state index >= 15 is 0 Å². The minimum Gasteiger partial charge on any atom is -0.466 e. The number of carbonyl (C=O) groups is 1. The Kier molecular flexibility index (Phi) is 6.24. The molecule has 1 aliphatic rings. The fourth-order valence-electron chi connectivity index (χ4n) is 2.49. The lowest BCUT2D eigenvalue weighted by Crippen LogP contribution is -2.36. The van der Waals surface area contributed by atoms with E-state index in [0.29, 0.717) is 13.2 Å². The molecule has 114 valence electrons. The standard InChI is InChI=1S/C16H22N2O2S/c1-2-20-16(19)14-5-8-18(9-6-14)11-15-10-13(12-21-15)4-3-7-17/h10,12,14H,2,5-9,11,17H2,1H3. The van der Waals surface area contributed by atoms with Crippen molar-refractivity contribution in [3.63, 3.8) is 0 Å². The molecule has 0 radical (unpaired) electrons. The molecule has 0 atom stereocenters. The third-order valence-corrected chi connectivity index (χ3v) is 4.50. The number of hydrogen-bond acceptors (Lipinski definition) is 5. The summed E-state index contributed by atoms with van der Waals surface area (Å²) in [7, 11) is 0. The van der Waals surface area contributed by atoms with Gasteiger partial charge in [-0.05, 0) is 38.9 Å². The maximum atomic E-state index is 11.7. The van der Waals surface area contributed by atoms with Gasteiger partial charge >= 0.3 is 5.97 Å². The molecule has 2 rings (SSSR count). The van der Waals surface area contributed by atoms with Crippen LogP contribution in [0.4, 0.5) is 0 Å². The van der Waals surface area contributed by atoms with Crippen LogP contribution in [-0.4, -0.2) is 37.1 Å². The zero-order valence-electron chi connectivity index (χ0n) is 12.4. The number of piperidine rings is 1. The van der Waals surface area contributed by atoms with Crippen molar-refractivity contribution in [2.45, 2.75) is 26.3 Å². The van der Waals surface area contributed by atoms with E-state index in [0.717, 1.165) is 38.0 Å². The van der Waals surface area contributed by atoms with Crippen LogP contribution in [0.5, 0.6) is 0 Å². The average Bonchev–Trinajstić information content (AvgIpc) is 2.93. The van der Waals surface area contributed by atoms with Crippen molar-refractivity contribution in [3.05, 3.63) is 21.9 Å². The van der Waals surface area contributed by atoms with Crippen LogP contribution >= 0.6 is 11.3 Å². The van der Waals surface area contributed by atoms with Gasteiger partial charge < -0.3 is 10.5 Å². The summed E-state index contributed by atoms with van der Waals surface area (Å²) in [6.45, 7) is 5.56. The van der Waals surface area contributed by atoms with E-state index < -0.39 is 0 Å². The van der Waals surface area contributed by atoms with Crippen LogP contribution in [0, 0.1) is 17.8 Å². The number of ether oxygens (including phenoxy) is 1. The van der Waals surface area contributed by atoms with Crippen molar-refractivity contribution < 1.29 is 9.53 Å². The molecule has 1 aromatic rings. The first-order chi connectivity index (χ1) is 10.2. The van der Waals surface area contributed by atoms with Crippen molar-refractivity contribution >= 4 is 17.3 Å². The summed E-state index contributed by atoms with van der Waals surface area (Å²) in [4.78, 5) is 15.4. The minimum absolute atomic E-state index is 0.0346. The van der Waals surface area contributed by atoms with Crippen molar-refractivity contribution in [2.75, 3.05) is 26.2 Å². The van der Waals surface area contributed by atoms with Gasteiger partial charge in [0.25, 0.3) is 0 Å². The van der Waals surface area contributed by atoms with Crippen LogP contribution in [0.1, 0.15) is 30.2 Å². The van der Waals surface area contributed by atoms with Gasteiger partial charge in [-0.3, -0.25) is 9.69 Å². The predicted molar refractivity (Wildman–Crippen MR) is 84.9 cm³/mol. The van der Waals surface area contributed by atoms with E-state index in [-0.39, 0.29) is 11.9 Å². The molecule has 1 fully saturated rings. The fraction of sp³-hybridized carbons (Fsp3) is 0.562. The summed E-state index contributed by atoms with van der Waals surface area (Å²) >= 11 is 1.73. The van der Waals surface area contributed by atoms with Crippen molar-refractivity contribution in [2.24, 2.45) is 11.7 Å². The Balaban J connectivity index is 1.80. The predicted octanol–water partition coefficient (Wildman–Crippen LogP) is 1.83. The number of carbonyl (C=O) groups excluding carboxylic acids is 1. The number of rotatable bonds is 4. The quantitative estimate of drug-likeness (QED) is 0.681. The van der Waals surface area contributed by atoms with Crippen LogP contribution in [0.25, 0.3) is 0 Å². The molecular weight excluding hydrogens is 284 g/mol. The Hall–Kier alpha value is -1.35. The van der Waals surface area contributed by atoms with Gasteiger partial charge in [0, 0.05) is 22.4 Å². The molecular formula is C16H22N2O2S. The number of likely N-dealkylation sites (tertiary alicyclic amines) is 1. The smallest absolute Gasteiger partial charge is 0.309 e. The van der Waals surface area contributed by atoms with Crippen LogP contribution in [-0.2, 0) is 16.1 Å². The van der Waals surface area contributed by atoms with E-state index in [4.69, 9.17) is 10.5 Å². The van der Waals surface area contributed by atoms with Gasteiger partial charge in [0.2, 0.25) is 0 Å². The van der Waals surface area contributed by atoms with Crippen LogP contribution < -0.4 is 5.73 Å². The monoisotopic (exact) mass is 306 g/mol. The molecule has 4 nitrogen and oxygen atoms in total. The normalized spacial score (nSPS) is 16.3. The molecule has 5 heteroatoms. The molecule has 0 aromatic carbocycles. The highest BCUT2D eigenvalue weighted by Crippen LogP contribution is 2.22. The molecule has 1 aromatic heterocycles. The molecule has 0 bridgehead atoms. The van der Waals surface area contributed by atoms with Crippen molar-refractivity contribution in [1.29, 1.82) is 0 Å². The van der Waals surface area contributed by atoms with Gasteiger partial charge in [-0.25, -0.2) is 0 Å². The van der Waals surface area contributed by atoms with Gasteiger partial charge in [-0.2, -0.15) is 0 Å². The summed E-state index contributed by atoms with van der Waals surface area (Å²) in [5, 5.41) is 2.07. The molecule has 21 heavy (non-hydrogen) atoms.